The zero-order chi connectivity index (χ0) is 16.2. The van der Waals surface area contributed by atoms with Crippen LogP contribution in [0.25, 0.3) is 5.57 Å². The molecule has 0 unspecified atom stereocenters. The molecule has 0 fully saturated rings. The SMILES string of the molecule is CC1(C)CC(=O)C2=C(C1)c1onc(N)c1[C@@H]2Cc1ccccc1. The van der Waals surface area contributed by atoms with E-state index in [9.17, 15) is 4.79 Å². The molecule has 4 rings (SSSR count). The number of nitrogen functional groups attached to an aromatic ring is 1. The summed E-state index contributed by atoms with van der Waals surface area (Å²) in [5.74, 6) is 1.35. The van der Waals surface area contributed by atoms with Crippen molar-refractivity contribution < 1.29 is 9.32 Å². The zero-order valence-electron chi connectivity index (χ0n) is 13.4. The molecule has 1 heterocycles. The minimum absolute atomic E-state index is 0.0303. The maximum Gasteiger partial charge on any atom is 0.171 e. The maximum atomic E-state index is 12.8. The van der Waals surface area contributed by atoms with Crippen molar-refractivity contribution in [3.05, 3.63) is 52.8 Å². The number of anilines is 1. The van der Waals surface area contributed by atoms with Gasteiger partial charge in [-0.3, -0.25) is 4.79 Å². The van der Waals surface area contributed by atoms with Crippen molar-refractivity contribution in [2.24, 2.45) is 5.41 Å². The molecule has 2 aromatic rings. The van der Waals surface area contributed by atoms with Crippen LogP contribution in [0.1, 0.15) is 49.5 Å². The van der Waals surface area contributed by atoms with E-state index in [4.69, 9.17) is 10.3 Å². The van der Waals surface area contributed by atoms with Crippen LogP contribution >= 0.6 is 0 Å². The van der Waals surface area contributed by atoms with Crippen LogP contribution < -0.4 is 5.73 Å². The fraction of sp³-hybridized carbons (Fsp3) is 0.368. The fourth-order valence-electron chi connectivity index (χ4n) is 4.00. The van der Waals surface area contributed by atoms with E-state index in [0.717, 1.165) is 35.3 Å². The maximum absolute atomic E-state index is 12.8. The number of fused-ring (bicyclic) bond motifs is 2. The summed E-state index contributed by atoms with van der Waals surface area (Å²) < 4.78 is 5.50. The van der Waals surface area contributed by atoms with Gasteiger partial charge in [0.05, 0.1) is 5.56 Å². The third kappa shape index (κ3) is 2.21. The molecule has 0 amide bonds. The molecule has 2 aliphatic rings. The highest BCUT2D eigenvalue weighted by Crippen LogP contribution is 2.54. The Morgan fingerprint density at radius 2 is 2.00 bits per heavy atom. The Kier molecular flexibility index (Phi) is 2.98. The van der Waals surface area contributed by atoms with E-state index in [1.807, 2.05) is 18.2 Å². The minimum Gasteiger partial charge on any atom is -0.381 e. The molecule has 1 atom stereocenters. The molecule has 1 aromatic carbocycles. The number of Topliss-reactive ketones (excluding diaryl/α,β-unsaturated/α-hetero) is 1. The molecular weight excluding hydrogens is 288 g/mol. The monoisotopic (exact) mass is 308 g/mol. The van der Waals surface area contributed by atoms with Crippen molar-refractivity contribution in [3.63, 3.8) is 0 Å². The first-order chi connectivity index (χ1) is 11.0. The number of benzene rings is 1. The molecule has 118 valence electrons. The molecule has 0 spiro atoms. The number of hydrogen-bond donors (Lipinski definition) is 1. The molecule has 2 aliphatic carbocycles. The van der Waals surface area contributed by atoms with Crippen molar-refractivity contribution >= 4 is 17.2 Å². The van der Waals surface area contributed by atoms with Crippen molar-refractivity contribution in [2.75, 3.05) is 5.73 Å². The fourth-order valence-corrected chi connectivity index (χ4v) is 4.00. The highest BCUT2D eigenvalue weighted by atomic mass is 16.5. The second-order valence-corrected chi connectivity index (χ2v) is 7.39. The Labute approximate surface area is 135 Å². The van der Waals surface area contributed by atoms with Crippen LogP contribution in [0.3, 0.4) is 0 Å². The lowest BCUT2D eigenvalue weighted by molar-refractivity contribution is -0.118. The number of nitrogens with zero attached hydrogens (tertiary/aromatic N) is 1. The van der Waals surface area contributed by atoms with E-state index in [2.05, 4.69) is 31.1 Å². The Hall–Kier alpha value is -2.36. The van der Waals surface area contributed by atoms with Crippen LogP contribution in [0.5, 0.6) is 0 Å². The minimum atomic E-state index is -0.0453. The molecule has 1 aromatic heterocycles. The van der Waals surface area contributed by atoms with Gasteiger partial charge in [-0.1, -0.05) is 49.3 Å². The van der Waals surface area contributed by atoms with Crippen LogP contribution in [0.4, 0.5) is 5.82 Å². The second kappa shape index (κ2) is 4.82. The summed E-state index contributed by atoms with van der Waals surface area (Å²) in [7, 11) is 0. The van der Waals surface area contributed by atoms with Crippen LogP contribution in [-0.2, 0) is 11.2 Å². The summed E-state index contributed by atoms with van der Waals surface area (Å²) in [5, 5.41) is 3.95. The third-order valence-corrected chi connectivity index (χ3v) is 4.93. The van der Waals surface area contributed by atoms with Gasteiger partial charge in [-0.2, -0.15) is 0 Å². The van der Waals surface area contributed by atoms with Crippen molar-refractivity contribution in [1.82, 2.24) is 5.16 Å². The molecule has 4 heteroatoms. The molecule has 23 heavy (non-hydrogen) atoms. The largest absolute Gasteiger partial charge is 0.381 e. The molecular formula is C19H20N2O2. The predicted molar refractivity (Wildman–Crippen MR) is 88.7 cm³/mol. The topological polar surface area (TPSA) is 69.1 Å². The van der Waals surface area contributed by atoms with E-state index in [-0.39, 0.29) is 17.1 Å². The van der Waals surface area contributed by atoms with Gasteiger partial charge in [-0.15, -0.1) is 0 Å². The van der Waals surface area contributed by atoms with Crippen LogP contribution in [0, 0.1) is 5.41 Å². The Morgan fingerprint density at radius 1 is 1.26 bits per heavy atom. The van der Waals surface area contributed by atoms with Crippen molar-refractivity contribution in [1.29, 1.82) is 0 Å². The van der Waals surface area contributed by atoms with E-state index in [0.29, 0.717) is 12.2 Å². The van der Waals surface area contributed by atoms with Crippen LogP contribution in [0.15, 0.2) is 40.4 Å². The smallest absolute Gasteiger partial charge is 0.171 e. The number of ketones is 1. The Bertz CT molecular complexity index is 815. The first-order valence-electron chi connectivity index (χ1n) is 8.02. The van der Waals surface area contributed by atoms with E-state index in [1.165, 1.54) is 5.56 Å². The van der Waals surface area contributed by atoms with Gasteiger partial charge in [-0.05, 0) is 23.8 Å². The summed E-state index contributed by atoms with van der Waals surface area (Å²) >= 11 is 0. The molecule has 0 radical (unpaired) electrons. The summed E-state index contributed by atoms with van der Waals surface area (Å²) in [5.41, 5.74) is 10.0. The van der Waals surface area contributed by atoms with Crippen LogP contribution in [-0.4, -0.2) is 10.9 Å². The average Bonchev–Trinajstić information content (AvgIpc) is 2.99. The second-order valence-electron chi connectivity index (χ2n) is 7.39. The Balaban J connectivity index is 1.83. The number of rotatable bonds is 2. The Morgan fingerprint density at radius 3 is 2.74 bits per heavy atom. The van der Waals surface area contributed by atoms with Crippen molar-refractivity contribution in [3.8, 4) is 0 Å². The normalized spacial score (nSPS) is 22.2. The van der Waals surface area contributed by atoms with E-state index >= 15 is 0 Å². The van der Waals surface area contributed by atoms with Gasteiger partial charge in [0.25, 0.3) is 0 Å². The number of allylic oxidation sites excluding steroid dienone is 2. The lowest BCUT2D eigenvalue weighted by Gasteiger charge is -2.30. The van der Waals surface area contributed by atoms with Gasteiger partial charge in [0.2, 0.25) is 0 Å². The standard InChI is InChI=1S/C19H20N2O2/c1-19(2)9-13-15(14(22)10-19)12(8-11-6-4-3-5-7-11)16-17(13)23-21-18(16)20/h3-7,12H,8-10H2,1-2H3,(H2,20,21)/t12-/m1/s1. The molecule has 4 nitrogen and oxygen atoms in total. The quantitative estimate of drug-likeness (QED) is 0.917. The van der Waals surface area contributed by atoms with Crippen LogP contribution in [0.2, 0.25) is 0 Å². The van der Waals surface area contributed by atoms with Gasteiger partial charge in [-0.25, -0.2) is 0 Å². The lowest BCUT2D eigenvalue weighted by atomic mass is 9.72. The highest BCUT2D eigenvalue weighted by molar-refractivity contribution is 6.08. The highest BCUT2D eigenvalue weighted by Gasteiger charge is 2.45. The van der Waals surface area contributed by atoms with Gasteiger partial charge in [0, 0.05) is 23.5 Å². The first-order valence-corrected chi connectivity index (χ1v) is 8.02. The zero-order valence-corrected chi connectivity index (χ0v) is 13.4. The summed E-state index contributed by atoms with van der Waals surface area (Å²) in [6, 6.07) is 10.2. The van der Waals surface area contributed by atoms with Gasteiger partial charge >= 0.3 is 0 Å². The average molecular weight is 308 g/mol. The van der Waals surface area contributed by atoms with E-state index < -0.39 is 0 Å². The summed E-state index contributed by atoms with van der Waals surface area (Å²) in [6.07, 6.45) is 2.17. The lowest BCUT2D eigenvalue weighted by Crippen LogP contribution is -2.25. The summed E-state index contributed by atoms with van der Waals surface area (Å²) in [4.78, 5) is 12.8. The number of hydrogen-bond acceptors (Lipinski definition) is 4. The summed E-state index contributed by atoms with van der Waals surface area (Å²) in [6.45, 7) is 4.25. The molecule has 0 saturated carbocycles. The number of nitrogens with two attached hydrogens (primary N) is 1. The molecule has 2 N–H and O–H groups in total. The predicted octanol–water partition coefficient (Wildman–Crippen LogP) is 3.74. The van der Waals surface area contributed by atoms with Crippen molar-refractivity contribution in [2.45, 2.75) is 39.0 Å². The number of carbonyl (C=O) groups is 1. The number of aromatic nitrogens is 1. The van der Waals surface area contributed by atoms with Gasteiger partial charge in [0.15, 0.2) is 17.4 Å². The first kappa shape index (κ1) is 14.2. The molecule has 0 saturated heterocycles. The van der Waals surface area contributed by atoms with Gasteiger partial charge in [0.1, 0.15) is 0 Å². The number of carbonyl (C=O) groups excluding carboxylic acids is 1. The molecule has 0 aliphatic heterocycles. The third-order valence-electron chi connectivity index (χ3n) is 4.93. The van der Waals surface area contributed by atoms with Gasteiger partial charge < -0.3 is 10.3 Å². The molecule has 0 bridgehead atoms. The van der Waals surface area contributed by atoms with E-state index in [1.54, 1.807) is 0 Å².